The van der Waals surface area contributed by atoms with Crippen molar-refractivity contribution in [1.29, 1.82) is 0 Å². The maximum atomic E-state index is 12.1. The minimum absolute atomic E-state index is 0.365. The second-order valence-electron chi connectivity index (χ2n) is 4.13. The van der Waals surface area contributed by atoms with Gasteiger partial charge >= 0.3 is 0 Å². The summed E-state index contributed by atoms with van der Waals surface area (Å²) in [5.41, 5.74) is 2.66. The van der Waals surface area contributed by atoms with Gasteiger partial charge < -0.3 is 5.32 Å². The fourth-order valence-corrected chi connectivity index (χ4v) is 4.59. The van der Waals surface area contributed by atoms with Gasteiger partial charge in [0.25, 0.3) is 0 Å². The van der Waals surface area contributed by atoms with Crippen LogP contribution in [0.1, 0.15) is 17.5 Å². The Labute approximate surface area is 127 Å². The number of thiazole rings is 1. The SMILES string of the molecule is CCNCc1ccc(S(=O)(=O)NCCc2cscn2)s1. The van der Waals surface area contributed by atoms with Gasteiger partial charge in [-0.25, -0.2) is 18.1 Å². The van der Waals surface area contributed by atoms with E-state index in [1.165, 1.54) is 22.7 Å². The second kappa shape index (κ2) is 7.28. The molecule has 2 aromatic rings. The first-order valence-electron chi connectivity index (χ1n) is 6.28. The molecule has 2 aromatic heterocycles. The van der Waals surface area contributed by atoms with Crippen LogP contribution in [0.4, 0.5) is 0 Å². The molecule has 8 heteroatoms. The minimum atomic E-state index is -3.40. The lowest BCUT2D eigenvalue weighted by atomic mass is 10.3. The average Bonchev–Trinajstić information content (AvgIpc) is 3.07. The van der Waals surface area contributed by atoms with E-state index in [9.17, 15) is 8.42 Å². The van der Waals surface area contributed by atoms with Crippen LogP contribution in [0.3, 0.4) is 0 Å². The van der Waals surface area contributed by atoms with E-state index in [1.54, 1.807) is 11.6 Å². The number of hydrogen-bond acceptors (Lipinski definition) is 6. The van der Waals surface area contributed by atoms with Crippen molar-refractivity contribution in [2.75, 3.05) is 13.1 Å². The highest BCUT2D eigenvalue weighted by Gasteiger charge is 2.16. The van der Waals surface area contributed by atoms with E-state index in [2.05, 4.69) is 15.0 Å². The van der Waals surface area contributed by atoms with E-state index >= 15 is 0 Å². The summed E-state index contributed by atoms with van der Waals surface area (Å²) in [6.07, 6.45) is 0.609. The summed E-state index contributed by atoms with van der Waals surface area (Å²) in [4.78, 5) is 5.14. The summed E-state index contributed by atoms with van der Waals surface area (Å²) in [5, 5.41) is 5.10. The number of rotatable bonds is 8. The molecule has 20 heavy (non-hydrogen) atoms. The predicted molar refractivity (Wildman–Crippen MR) is 82.7 cm³/mol. The van der Waals surface area contributed by atoms with E-state index in [0.29, 0.717) is 23.7 Å². The third kappa shape index (κ3) is 4.35. The Morgan fingerprint density at radius 3 is 2.90 bits per heavy atom. The van der Waals surface area contributed by atoms with Crippen molar-refractivity contribution in [3.63, 3.8) is 0 Å². The van der Waals surface area contributed by atoms with Crippen LogP contribution in [0.5, 0.6) is 0 Å². The molecule has 0 spiro atoms. The third-order valence-electron chi connectivity index (χ3n) is 2.61. The summed E-state index contributed by atoms with van der Waals surface area (Å²) in [6.45, 7) is 3.96. The first-order chi connectivity index (χ1) is 9.62. The Morgan fingerprint density at radius 2 is 2.20 bits per heavy atom. The lowest BCUT2D eigenvalue weighted by molar-refractivity contribution is 0.583. The Bertz CT molecular complexity index is 620. The van der Waals surface area contributed by atoms with Crippen LogP contribution in [0.2, 0.25) is 0 Å². The average molecular weight is 331 g/mol. The Kier molecular flexibility index (Phi) is 5.67. The van der Waals surface area contributed by atoms with Gasteiger partial charge in [-0.1, -0.05) is 6.92 Å². The highest BCUT2D eigenvalue weighted by molar-refractivity contribution is 7.91. The molecule has 0 radical (unpaired) electrons. The first-order valence-corrected chi connectivity index (χ1v) is 9.52. The van der Waals surface area contributed by atoms with Crippen LogP contribution in [0.25, 0.3) is 0 Å². The van der Waals surface area contributed by atoms with Gasteiger partial charge in [0, 0.05) is 29.8 Å². The normalized spacial score (nSPS) is 11.8. The van der Waals surface area contributed by atoms with E-state index in [1.807, 2.05) is 18.4 Å². The Morgan fingerprint density at radius 1 is 1.35 bits per heavy atom. The zero-order chi connectivity index (χ0) is 14.4. The molecule has 0 atom stereocenters. The summed E-state index contributed by atoms with van der Waals surface area (Å²) in [6, 6.07) is 3.50. The van der Waals surface area contributed by atoms with E-state index in [0.717, 1.165) is 17.1 Å². The van der Waals surface area contributed by atoms with Gasteiger partial charge in [0.05, 0.1) is 11.2 Å². The van der Waals surface area contributed by atoms with Gasteiger partial charge in [-0.15, -0.1) is 22.7 Å². The predicted octanol–water partition coefficient (Wildman–Crippen LogP) is 1.84. The maximum Gasteiger partial charge on any atom is 0.250 e. The van der Waals surface area contributed by atoms with Crippen molar-refractivity contribution in [3.8, 4) is 0 Å². The lowest BCUT2D eigenvalue weighted by Crippen LogP contribution is -2.25. The van der Waals surface area contributed by atoms with Crippen molar-refractivity contribution in [2.45, 2.75) is 24.1 Å². The number of thiophene rings is 1. The number of hydrogen-bond donors (Lipinski definition) is 2. The molecule has 0 bridgehead atoms. The minimum Gasteiger partial charge on any atom is -0.312 e. The lowest BCUT2D eigenvalue weighted by Gasteiger charge is -2.03. The first kappa shape index (κ1) is 15.6. The van der Waals surface area contributed by atoms with Crippen LogP contribution < -0.4 is 10.0 Å². The molecule has 0 aliphatic carbocycles. The molecule has 2 N–H and O–H groups in total. The highest BCUT2D eigenvalue weighted by atomic mass is 32.2. The van der Waals surface area contributed by atoms with Crippen molar-refractivity contribution >= 4 is 32.7 Å². The van der Waals surface area contributed by atoms with Gasteiger partial charge in [-0.2, -0.15) is 0 Å². The summed E-state index contributed by atoms with van der Waals surface area (Å²) >= 11 is 2.81. The Balaban J connectivity index is 1.90. The van der Waals surface area contributed by atoms with Crippen molar-refractivity contribution < 1.29 is 8.42 Å². The molecular formula is C12H17N3O2S3. The quantitative estimate of drug-likeness (QED) is 0.774. The molecule has 0 unspecified atom stereocenters. The van der Waals surface area contributed by atoms with E-state index < -0.39 is 10.0 Å². The van der Waals surface area contributed by atoms with Gasteiger partial charge in [-0.3, -0.25) is 0 Å². The molecule has 0 aromatic carbocycles. The number of nitrogens with zero attached hydrogens (tertiary/aromatic N) is 1. The Hall–Kier alpha value is -0.800. The van der Waals surface area contributed by atoms with Crippen molar-refractivity contribution in [2.24, 2.45) is 0 Å². The molecule has 0 fully saturated rings. The van der Waals surface area contributed by atoms with Crippen LogP contribution >= 0.6 is 22.7 Å². The molecule has 0 amide bonds. The van der Waals surface area contributed by atoms with Gasteiger partial charge in [0.2, 0.25) is 10.0 Å². The van der Waals surface area contributed by atoms with Crippen molar-refractivity contribution in [1.82, 2.24) is 15.0 Å². The molecule has 2 heterocycles. The van der Waals surface area contributed by atoms with Gasteiger partial charge in [0.15, 0.2) is 0 Å². The van der Waals surface area contributed by atoms with E-state index in [4.69, 9.17) is 0 Å². The smallest absolute Gasteiger partial charge is 0.250 e. The maximum absolute atomic E-state index is 12.1. The number of sulfonamides is 1. The van der Waals surface area contributed by atoms with Gasteiger partial charge in [-0.05, 0) is 18.7 Å². The standard InChI is InChI=1S/C12H17N3O2S3/c1-2-13-7-11-3-4-12(19-11)20(16,17)15-6-5-10-8-18-9-14-10/h3-4,8-9,13,15H,2,5-7H2,1H3. The molecular weight excluding hydrogens is 314 g/mol. The van der Waals surface area contributed by atoms with Crippen LogP contribution in [0.15, 0.2) is 27.2 Å². The fourth-order valence-electron chi connectivity index (χ4n) is 1.59. The summed E-state index contributed by atoms with van der Waals surface area (Å²) in [5.74, 6) is 0. The molecule has 0 saturated heterocycles. The summed E-state index contributed by atoms with van der Waals surface area (Å²) < 4.78 is 27.2. The summed E-state index contributed by atoms with van der Waals surface area (Å²) in [7, 11) is -3.40. The molecule has 5 nitrogen and oxygen atoms in total. The van der Waals surface area contributed by atoms with Crippen LogP contribution in [-0.2, 0) is 23.0 Å². The van der Waals surface area contributed by atoms with Crippen molar-refractivity contribution in [3.05, 3.63) is 33.6 Å². The number of aromatic nitrogens is 1. The molecule has 2 rings (SSSR count). The zero-order valence-electron chi connectivity index (χ0n) is 11.1. The molecule has 0 saturated carbocycles. The van der Waals surface area contributed by atoms with Gasteiger partial charge in [0.1, 0.15) is 4.21 Å². The topological polar surface area (TPSA) is 71.1 Å². The zero-order valence-corrected chi connectivity index (χ0v) is 13.6. The monoisotopic (exact) mass is 331 g/mol. The fraction of sp³-hybridized carbons (Fsp3) is 0.417. The number of nitrogens with one attached hydrogen (secondary N) is 2. The van der Waals surface area contributed by atoms with Crippen LogP contribution in [0, 0.1) is 0 Å². The molecule has 0 aliphatic rings. The third-order valence-corrected chi connectivity index (χ3v) is 6.28. The largest absolute Gasteiger partial charge is 0.312 e. The van der Waals surface area contributed by atoms with Crippen LogP contribution in [-0.4, -0.2) is 26.5 Å². The second-order valence-corrected chi connectivity index (χ2v) is 8.01. The molecule has 0 aliphatic heterocycles. The molecule has 110 valence electrons. The van der Waals surface area contributed by atoms with E-state index in [-0.39, 0.29) is 0 Å². The highest BCUT2D eigenvalue weighted by Crippen LogP contribution is 2.21.